The average molecular weight is 379 g/mol. The van der Waals surface area contributed by atoms with Crippen molar-refractivity contribution in [1.29, 1.82) is 0 Å². The van der Waals surface area contributed by atoms with Crippen molar-refractivity contribution in [3.05, 3.63) is 27.0 Å². The van der Waals surface area contributed by atoms with E-state index in [1.807, 2.05) is 31.4 Å². The Morgan fingerprint density at radius 1 is 1.50 bits per heavy atom. The number of aryl methyl sites for hydroxylation is 1. The molecule has 0 radical (unpaired) electrons. The standard InChI is InChI=1S/C11H15BrN4O2S2/c1-8(2)16(7-9-5-4-6-19-9)20(17,18)11-10(12)13-14-15(11)3/h4-6,8H,7H2,1-3H3. The van der Waals surface area contributed by atoms with Gasteiger partial charge in [0, 0.05) is 24.5 Å². The van der Waals surface area contributed by atoms with Crippen molar-refractivity contribution >= 4 is 37.3 Å². The number of hydrogen-bond donors (Lipinski definition) is 0. The molecule has 0 saturated heterocycles. The Bertz CT molecular complexity index is 660. The van der Waals surface area contributed by atoms with Gasteiger partial charge in [-0.3, -0.25) is 0 Å². The summed E-state index contributed by atoms with van der Waals surface area (Å²) in [5.41, 5.74) is 0. The predicted octanol–water partition coefficient (Wildman–Crippen LogP) is 2.24. The molecule has 0 aliphatic carbocycles. The maximum Gasteiger partial charge on any atom is 0.263 e. The van der Waals surface area contributed by atoms with Crippen LogP contribution in [0.15, 0.2) is 27.1 Å². The summed E-state index contributed by atoms with van der Waals surface area (Å²) in [6, 6.07) is 3.67. The molecular formula is C11H15BrN4O2S2. The number of aromatic nitrogens is 3. The SMILES string of the molecule is CC(C)N(Cc1cccs1)S(=O)(=O)c1c(Br)nnn1C. The van der Waals surface area contributed by atoms with Gasteiger partial charge in [0.05, 0.1) is 0 Å². The summed E-state index contributed by atoms with van der Waals surface area (Å²) < 4.78 is 28.6. The predicted molar refractivity (Wildman–Crippen MR) is 80.9 cm³/mol. The number of hydrogen-bond acceptors (Lipinski definition) is 5. The van der Waals surface area contributed by atoms with E-state index < -0.39 is 10.0 Å². The average Bonchev–Trinajstić information content (AvgIpc) is 2.95. The molecule has 0 bridgehead atoms. The van der Waals surface area contributed by atoms with Gasteiger partial charge in [-0.05, 0) is 41.2 Å². The first kappa shape index (κ1) is 15.6. The highest BCUT2D eigenvalue weighted by Gasteiger charge is 2.33. The van der Waals surface area contributed by atoms with Crippen LogP contribution in [0.25, 0.3) is 0 Å². The molecule has 0 N–H and O–H groups in total. The van der Waals surface area contributed by atoms with Gasteiger partial charge in [-0.15, -0.1) is 16.4 Å². The lowest BCUT2D eigenvalue weighted by Crippen LogP contribution is -2.37. The molecule has 2 rings (SSSR count). The lowest BCUT2D eigenvalue weighted by atomic mass is 10.4. The van der Waals surface area contributed by atoms with Gasteiger partial charge in [-0.1, -0.05) is 11.3 Å². The summed E-state index contributed by atoms with van der Waals surface area (Å²) in [5, 5.41) is 9.49. The molecule has 0 amide bonds. The van der Waals surface area contributed by atoms with Crippen LogP contribution in [0.5, 0.6) is 0 Å². The first-order valence-corrected chi connectivity index (χ1v) is 9.04. The van der Waals surface area contributed by atoms with E-state index in [9.17, 15) is 8.42 Å². The van der Waals surface area contributed by atoms with E-state index in [0.717, 1.165) is 4.88 Å². The van der Waals surface area contributed by atoms with Crippen molar-refractivity contribution in [2.24, 2.45) is 7.05 Å². The molecule has 20 heavy (non-hydrogen) atoms. The maximum atomic E-state index is 12.8. The van der Waals surface area contributed by atoms with Crippen LogP contribution in [-0.4, -0.2) is 33.8 Å². The molecule has 2 aromatic rings. The third-order valence-electron chi connectivity index (χ3n) is 2.76. The molecule has 6 nitrogen and oxygen atoms in total. The molecule has 0 aliphatic heterocycles. The van der Waals surface area contributed by atoms with Crippen LogP contribution in [0.1, 0.15) is 18.7 Å². The zero-order valence-electron chi connectivity index (χ0n) is 11.3. The molecule has 0 spiro atoms. The van der Waals surface area contributed by atoms with E-state index in [4.69, 9.17) is 0 Å². The highest BCUT2D eigenvalue weighted by molar-refractivity contribution is 9.10. The van der Waals surface area contributed by atoms with Crippen molar-refractivity contribution in [3.63, 3.8) is 0 Å². The summed E-state index contributed by atoms with van der Waals surface area (Å²) in [4.78, 5) is 0.994. The smallest absolute Gasteiger partial charge is 0.235 e. The molecule has 0 saturated carbocycles. The van der Waals surface area contributed by atoms with Crippen LogP contribution in [-0.2, 0) is 23.6 Å². The summed E-state index contributed by atoms with van der Waals surface area (Å²) in [6.07, 6.45) is 0. The fourth-order valence-corrected chi connectivity index (χ4v) is 5.24. The Kier molecular flexibility index (Phi) is 4.62. The molecule has 110 valence electrons. The highest BCUT2D eigenvalue weighted by atomic mass is 79.9. The molecule has 2 heterocycles. The van der Waals surface area contributed by atoms with E-state index in [2.05, 4.69) is 26.2 Å². The van der Waals surface area contributed by atoms with Gasteiger partial charge < -0.3 is 0 Å². The van der Waals surface area contributed by atoms with Gasteiger partial charge in [0.1, 0.15) is 0 Å². The third kappa shape index (κ3) is 2.95. The fourth-order valence-electron chi connectivity index (χ4n) is 1.81. The zero-order valence-corrected chi connectivity index (χ0v) is 14.5. The number of sulfonamides is 1. The van der Waals surface area contributed by atoms with Crippen LogP contribution < -0.4 is 0 Å². The summed E-state index contributed by atoms with van der Waals surface area (Å²) in [6.45, 7) is 4.04. The minimum absolute atomic E-state index is 0.0720. The monoisotopic (exact) mass is 378 g/mol. The van der Waals surface area contributed by atoms with Crippen molar-refractivity contribution in [3.8, 4) is 0 Å². The molecule has 0 aromatic carbocycles. The van der Waals surface area contributed by atoms with Gasteiger partial charge in [0.15, 0.2) is 4.60 Å². The molecule has 9 heteroatoms. The first-order valence-electron chi connectivity index (χ1n) is 5.93. The van der Waals surface area contributed by atoms with Crippen molar-refractivity contribution in [2.45, 2.75) is 31.5 Å². The first-order chi connectivity index (χ1) is 9.34. The summed E-state index contributed by atoms with van der Waals surface area (Å²) in [7, 11) is -2.10. The maximum absolute atomic E-state index is 12.8. The second-order valence-corrected chi connectivity index (χ2v) is 8.12. The highest BCUT2D eigenvalue weighted by Crippen LogP contribution is 2.26. The Hall–Kier alpha value is -0.770. The molecule has 0 aliphatic rings. The second-order valence-electron chi connectivity index (χ2n) is 4.53. The van der Waals surface area contributed by atoms with Crippen molar-refractivity contribution in [2.75, 3.05) is 0 Å². The molecular weight excluding hydrogens is 364 g/mol. The van der Waals surface area contributed by atoms with Gasteiger partial charge in [-0.25, -0.2) is 13.1 Å². The quantitative estimate of drug-likeness (QED) is 0.799. The van der Waals surface area contributed by atoms with Gasteiger partial charge in [0.25, 0.3) is 10.0 Å². The largest absolute Gasteiger partial charge is 0.263 e. The van der Waals surface area contributed by atoms with Crippen LogP contribution in [0.3, 0.4) is 0 Å². The fraction of sp³-hybridized carbons (Fsp3) is 0.455. The molecule has 0 fully saturated rings. The van der Waals surface area contributed by atoms with E-state index in [-0.39, 0.29) is 15.7 Å². The third-order valence-corrected chi connectivity index (χ3v) is 6.53. The van der Waals surface area contributed by atoms with E-state index in [0.29, 0.717) is 6.54 Å². The van der Waals surface area contributed by atoms with Crippen molar-refractivity contribution < 1.29 is 8.42 Å². The van der Waals surface area contributed by atoms with E-state index in [1.165, 1.54) is 20.3 Å². The normalized spacial score (nSPS) is 12.5. The van der Waals surface area contributed by atoms with Gasteiger partial charge >= 0.3 is 0 Å². The van der Waals surface area contributed by atoms with Crippen LogP contribution in [0.2, 0.25) is 0 Å². The molecule has 2 aromatic heterocycles. The number of halogens is 1. The summed E-state index contributed by atoms with van der Waals surface area (Å²) >= 11 is 4.69. The van der Waals surface area contributed by atoms with Crippen LogP contribution >= 0.6 is 27.3 Å². The Morgan fingerprint density at radius 3 is 2.65 bits per heavy atom. The van der Waals surface area contributed by atoms with Gasteiger partial charge in [-0.2, -0.15) is 4.31 Å². The minimum atomic E-state index is -3.66. The van der Waals surface area contributed by atoms with Crippen molar-refractivity contribution in [1.82, 2.24) is 19.3 Å². The second kappa shape index (κ2) is 5.92. The van der Waals surface area contributed by atoms with Crippen LogP contribution in [0.4, 0.5) is 0 Å². The Balaban J connectivity index is 2.43. The van der Waals surface area contributed by atoms with E-state index >= 15 is 0 Å². The lowest BCUT2D eigenvalue weighted by Gasteiger charge is -2.25. The zero-order chi connectivity index (χ0) is 14.9. The summed E-state index contributed by atoms with van der Waals surface area (Å²) in [5.74, 6) is 0. The molecule has 0 atom stereocenters. The lowest BCUT2D eigenvalue weighted by molar-refractivity contribution is 0.346. The number of nitrogens with zero attached hydrogens (tertiary/aromatic N) is 4. The Labute approximate surface area is 130 Å². The van der Waals surface area contributed by atoms with Gasteiger partial charge in [0.2, 0.25) is 5.03 Å². The minimum Gasteiger partial charge on any atom is -0.235 e. The molecule has 0 unspecified atom stereocenters. The Morgan fingerprint density at radius 2 is 2.20 bits per heavy atom. The topological polar surface area (TPSA) is 68.1 Å². The van der Waals surface area contributed by atoms with E-state index in [1.54, 1.807) is 7.05 Å². The number of thiophene rings is 1. The number of rotatable bonds is 5. The van der Waals surface area contributed by atoms with Crippen LogP contribution in [0, 0.1) is 0 Å².